The lowest BCUT2D eigenvalue weighted by molar-refractivity contribution is -0.150. The fourth-order valence-corrected chi connectivity index (χ4v) is 9.95. The van der Waals surface area contributed by atoms with Gasteiger partial charge < -0.3 is 36.2 Å². The highest BCUT2D eigenvalue weighted by Crippen LogP contribution is 2.88. The number of ketones is 1. The molecule has 0 radical (unpaired) electrons. The van der Waals surface area contributed by atoms with Gasteiger partial charge in [0.1, 0.15) is 18.1 Å². The van der Waals surface area contributed by atoms with Gasteiger partial charge in [-0.2, -0.15) is 0 Å². The molecule has 2 spiro atoms. The van der Waals surface area contributed by atoms with Crippen LogP contribution in [0.5, 0.6) is 0 Å². The molecule has 5 rings (SSSR count). The van der Waals surface area contributed by atoms with Crippen molar-refractivity contribution < 1.29 is 33.5 Å². The van der Waals surface area contributed by atoms with E-state index in [9.17, 15) is 28.8 Å². The predicted octanol–water partition coefficient (Wildman–Crippen LogP) is 3.28. The van der Waals surface area contributed by atoms with Gasteiger partial charge in [-0.25, -0.2) is 4.79 Å². The molecule has 2 unspecified atom stereocenters. The third kappa shape index (κ3) is 7.07. The van der Waals surface area contributed by atoms with E-state index in [1.165, 1.54) is 0 Å². The summed E-state index contributed by atoms with van der Waals surface area (Å²) in [6.45, 7) is 21.0. The van der Waals surface area contributed by atoms with E-state index in [-0.39, 0.29) is 28.1 Å². The summed E-state index contributed by atoms with van der Waals surface area (Å²) in [5.74, 6) is -2.81. The molecule has 3 aliphatic carbocycles. The minimum absolute atomic E-state index is 0.0122. The second-order valence-electron chi connectivity index (χ2n) is 19.7. The lowest BCUT2D eigenvalue weighted by Gasteiger charge is -2.42. The van der Waals surface area contributed by atoms with Crippen LogP contribution in [-0.2, 0) is 28.7 Å². The molecule has 2 saturated heterocycles. The highest BCUT2D eigenvalue weighted by molar-refractivity contribution is 6.37. The molecular weight excluding hydrogens is 664 g/mol. The Balaban J connectivity index is 1.39. The molecule has 0 aromatic heterocycles. The first-order chi connectivity index (χ1) is 23.9. The predicted molar refractivity (Wildman–Crippen MR) is 195 cm³/mol. The fourth-order valence-electron chi connectivity index (χ4n) is 9.95. The Hall–Kier alpha value is -3.22. The summed E-state index contributed by atoms with van der Waals surface area (Å²) in [7, 11) is 0. The van der Waals surface area contributed by atoms with Crippen LogP contribution in [0, 0.1) is 33.0 Å². The molecule has 0 aromatic carbocycles. The van der Waals surface area contributed by atoms with Gasteiger partial charge in [-0.1, -0.05) is 81.1 Å². The Morgan fingerprint density at radius 2 is 1.38 bits per heavy atom. The maximum absolute atomic E-state index is 14.9. The SMILES string of the molecule is CC1(C)CN(C(=O)[C@@H](NC(=O)N[C@@H](C(=O)N2CC3(C[C@H]2C(=O)NC(CC2CCC2)C(=O)C(N)=O)C(C)(C)C32CCC2)C(C)(C)C)C(C)(C)C)CCO1. The monoisotopic (exact) mass is 728 g/mol. The zero-order valence-electron chi connectivity index (χ0n) is 33.2. The van der Waals surface area contributed by atoms with Crippen LogP contribution in [0.2, 0.25) is 0 Å². The van der Waals surface area contributed by atoms with Crippen molar-refractivity contribution in [2.75, 3.05) is 26.2 Å². The van der Waals surface area contributed by atoms with Crippen LogP contribution in [0.1, 0.15) is 121 Å². The molecular formula is C39H64N6O7. The van der Waals surface area contributed by atoms with Gasteiger partial charge in [0.2, 0.25) is 23.5 Å². The molecule has 13 nitrogen and oxygen atoms in total. The van der Waals surface area contributed by atoms with E-state index >= 15 is 0 Å². The average molecular weight is 729 g/mol. The first kappa shape index (κ1) is 40.0. The number of likely N-dealkylation sites (tertiary alicyclic amines) is 1. The van der Waals surface area contributed by atoms with Crippen LogP contribution in [0.4, 0.5) is 4.79 Å². The van der Waals surface area contributed by atoms with Crippen molar-refractivity contribution >= 4 is 35.4 Å². The summed E-state index contributed by atoms with van der Waals surface area (Å²) in [4.78, 5) is 85.2. The van der Waals surface area contributed by atoms with E-state index in [0.717, 1.165) is 38.5 Å². The molecule has 5 N–H and O–H groups in total. The molecule has 0 aromatic rings. The molecule has 2 aliphatic heterocycles. The first-order valence-electron chi connectivity index (χ1n) is 19.3. The van der Waals surface area contributed by atoms with Crippen LogP contribution in [0.15, 0.2) is 0 Å². The number of nitrogens with two attached hydrogens (primary N) is 1. The number of nitrogens with one attached hydrogen (secondary N) is 3. The number of amides is 6. The van der Waals surface area contributed by atoms with Gasteiger partial charge in [-0.3, -0.25) is 24.0 Å². The number of rotatable bonds is 10. The third-order valence-corrected chi connectivity index (χ3v) is 13.6. The second-order valence-corrected chi connectivity index (χ2v) is 19.7. The number of carbonyl (C=O) groups is 6. The van der Waals surface area contributed by atoms with Crippen LogP contribution in [0.3, 0.4) is 0 Å². The van der Waals surface area contributed by atoms with Crippen molar-refractivity contribution in [2.45, 2.75) is 150 Å². The minimum Gasteiger partial charge on any atom is -0.372 e. The first-order valence-corrected chi connectivity index (χ1v) is 19.3. The topological polar surface area (TPSA) is 180 Å². The van der Waals surface area contributed by atoms with Crippen molar-refractivity contribution in [3.8, 4) is 0 Å². The second kappa shape index (κ2) is 13.6. The molecule has 13 heteroatoms. The number of hydrogen-bond donors (Lipinski definition) is 4. The molecule has 292 valence electrons. The number of Topliss-reactive ketones (excluding diaryl/α,β-unsaturated/α-hetero) is 1. The summed E-state index contributed by atoms with van der Waals surface area (Å²) < 4.78 is 5.80. The quantitative estimate of drug-likeness (QED) is 0.249. The van der Waals surface area contributed by atoms with E-state index in [2.05, 4.69) is 29.8 Å². The molecule has 2 heterocycles. The Kier molecular flexibility index (Phi) is 10.4. The molecule has 0 bridgehead atoms. The number of fused-ring (bicyclic) bond motifs is 1. The van der Waals surface area contributed by atoms with Gasteiger partial charge in [0, 0.05) is 25.0 Å². The number of carbonyl (C=O) groups excluding carboxylic acids is 6. The Labute approximate surface area is 309 Å². The molecule has 5 fully saturated rings. The number of morpholine rings is 1. The van der Waals surface area contributed by atoms with Crippen molar-refractivity contribution in [1.29, 1.82) is 0 Å². The van der Waals surface area contributed by atoms with Crippen LogP contribution in [-0.4, -0.2) is 101 Å². The van der Waals surface area contributed by atoms with E-state index in [4.69, 9.17) is 10.5 Å². The summed E-state index contributed by atoms with van der Waals surface area (Å²) in [5.41, 5.74) is 3.08. The number of nitrogens with zero attached hydrogens (tertiary/aromatic N) is 2. The lowest BCUT2D eigenvalue weighted by atomic mass is 9.73. The van der Waals surface area contributed by atoms with Gasteiger partial charge in [0.15, 0.2) is 0 Å². The smallest absolute Gasteiger partial charge is 0.316 e. The van der Waals surface area contributed by atoms with Crippen LogP contribution < -0.4 is 21.7 Å². The zero-order chi connectivity index (χ0) is 38.8. The summed E-state index contributed by atoms with van der Waals surface area (Å²) in [6.07, 6.45) is 6.76. The van der Waals surface area contributed by atoms with Gasteiger partial charge in [0.05, 0.1) is 18.2 Å². The summed E-state index contributed by atoms with van der Waals surface area (Å²) in [6, 6.07) is -4.54. The highest BCUT2D eigenvalue weighted by Gasteiger charge is 2.85. The molecule has 3 saturated carbocycles. The molecule has 5 aliphatic rings. The van der Waals surface area contributed by atoms with Gasteiger partial charge in [0.25, 0.3) is 5.91 Å². The largest absolute Gasteiger partial charge is 0.372 e. The highest BCUT2D eigenvalue weighted by atomic mass is 16.5. The standard InChI is InChI=1S/C39H64N6O7/c1-34(2,3)27(31(49)44-17-18-52-36(7,8)21-44)42-33(51)43-28(35(4,5)6)32(50)45-22-39(37(9,10)38(39)15-12-16-38)20-25(45)30(48)41-24(26(46)29(40)47)19-23-13-11-14-23/h23-25,27-28H,11-22H2,1-10H3,(H2,40,47)(H,41,48)(H2,42,43,51)/t24?,25-,27+,28-,39?/m0/s1. The number of urea groups is 1. The van der Waals surface area contributed by atoms with Crippen molar-refractivity contribution in [1.82, 2.24) is 25.8 Å². The zero-order valence-corrected chi connectivity index (χ0v) is 33.2. The number of hydrogen-bond acceptors (Lipinski definition) is 7. The van der Waals surface area contributed by atoms with Crippen LogP contribution in [0.25, 0.3) is 0 Å². The van der Waals surface area contributed by atoms with E-state index < -0.39 is 70.1 Å². The maximum atomic E-state index is 14.9. The summed E-state index contributed by atoms with van der Waals surface area (Å²) >= 11 is 0. The maximum Gasteiger partial charge on any atom is 0.316 e. The van der Waals surface area contributed by atoms with Crippen molar-refractivity contribution in [3.05, 3.63) is 0 Å². The minimum atomic E-state index is -1.09. The number of ether oxygens (including phenoxy) is 1. The normalized spacial score (nSPS) is 27.8. The van der Waals surface area contributed by atoms with E-state index in [1.807, 2.05) is 55.4 Å². The Bertz CT molecular complexity index is 1470. The average Bonchev–Trinajstić information content (AvgIpc) is 3.20. The van der Waals surface area contributed by atoms with Gasteiger partial charge in [-0.15, -0.1) is 0 Å². The van der Waals surface area contributed by atoms with Crippen molar-refractivity contribution in [3.63, 3.8) is 0 Å². The Morgan fingerprint density at radius 3 is 1.83 bits per heavy atom. The summed E-state index contributed by atoms with van der Waals surface area (Å²) in [5, 5.41) is 8.68. The van der Waals surface area contributed by atoms with Gasteiger partial charge in [-0.05, 0) is 67.1 Å². The van der Waals surface area contributed by atoms with E-state index in [1.54, 1.807) is 9.80 Å². The molecule has 6 amide bonds. The Morgan fingerprint density at radius 1 is 0.808 bits per heavy atom. The number of primary amides is 1. The molecule has 52 heavy (non-hydrogen) atoms. The molecule has 5 atom stereocenters. The van der Waals surface area contributed by atoms with Crippen LogP contribution >= 0.6 is 0 Å². The lowest BCUT2D eigenvalue weighted by Crippen LogP contribution is -2.63. The van der Waals surface area contributed by atoms with Gasteiger partial charge >= 0.3 is 6.03 Å². The van der Waals surface area contributed by atoms with E-state index in [0.29, 0.717) is 39.1 Å². The third-order valence-electron chi connectivity index (χ3n) is 13.6. The van der Waals surface area contributed by atoms with Crippen molar-refractivity contribution in [2.24, 2.45) is 38.7 Å². The fraction of sp³-hybridized carbons (Fsp3) is 0.846.